The van der Waals surface area contributed by atoms with Gasteiger partial charge in [-0.15, -0.1) is 11.8 Å². The molecule has 0 aromatic carbocycles. The third-order valence-corrected chi connectivity index (χ3v) is 2.59. The standard InChI is InChI=1S/C7H7NO2S/c9-6-4-11-7(8-6)5-2-1-3-10-5/h1-3,7H,4H2,(H,8,9)/t7-/m0/s1. The summed E-state index contributed by atoms with van der Waals surface area (Å²) in [6, 6.07) is 3.68. The molecule has 1 amide bonds. The second kappa shape index (κ2) is 2.62. The van der Waals surface area contributed by atoms with E-state index in [4.69, 9.17) is 4.42 Å². The molecule has 1 N–H and O–H groups in total. The van der Waals surface area contributed by atoms with Crippen molar-refractivity contribution in [1.82, 2.24) is 5.32 Å². The Morgan fingerprint density at radius 3 is 3.18 bits per heavy atom. The number of hydrogen-bond acceptors (Lipinski definition) is 3. The van der Waals surface area contributed by atoms with Crippen molar-refractivity contribution in [2.75, 3.05) is 5.75 Å². The van der Waals surface area contributed by atoms with Gasteiger partial charge in [0, 0.05) is 0 Å². The number of furan rings is 1. The maximum Gasteiger partial charge on any atom is 0.231 e. The highest BCUT2D eigenvalue weighted by Gasteiger charge is 2.24. The molecule has 0 spiro atoms. The number of carbonyl (C=O) groups is 1. The lowest BCUT2D eigenvalue weighted by Gasteiger charge is -2.03. The van der Waals surface area contributed by atoms with E-state index < -0.39 is 0 Å². The fourth-order valence-corrected chi connectivity index (χ4v) is 1.90. The molecule has 11 heavy (non-hydrogen) atoms. The zero-order valence-electron chi connectivity index (χ0n) is 5.74. The molecule has 1 saturated heterocycles. The molecule has 1 aliphatic heterocycles. The van der Waals surface area contributed by atoms with Gasteiger partial charge in [-0.05, 0) is 12.1 Å². The number of hydrogen-bond donors (Lipinski definition) is 1. The second-order valence-corrected chi connectivity index (χ2v) is 3.37. The van der Waals surface area contributed by atoms with Crippen molar-refractivity contribution < 1.29 is 9.21 Å². The van der Waals surface area contributed by atoms with E-state index in [1.54, 1.807) is 18.0 Å². The van der Waals surface area contributed by atoms with E-state index in [0.29, 0.717) is 5.75 Å². The highest BCUT2D eigenvalue weighted by Crippen LogP contribution is 2.30. The molecular formula is C7H7NO2S. The quantitative estimate of drug-likeness (QED) is 0.685. The number of thioether (sulfide) groups is 1. The lowest BCUT2D eigenvalue weighted by Crippen LogP contribution is -2.18. The highest BCUT2D eigenvalue weighted by molar-refractivity contribution is 8.00. The average Bonchev–Trinajstić information content (AvgIpc) is 2.55. The maximum absolute atomic E-state index is 10.8. The molecule has 2 heterocycles. The van der Waals surface area contributed by atoms with Gasteiger partial charge < -0.3 is 9.73 Å². The van der Waals surface area contributed by atoms with Crippen molar-refractivity contribution in [3.63, 3.8) is 0 Å². The lowest BCUT2D eigenvalue weighted by molar-refractivity contribution is -0.118. The van der Waals surface area contributed by atoms with E-state index in [-0.39, 0.29) is 11.3 Å². The summed E-state index contributed by atoms with van der Waals surface area (Å²) in [5.74, 6) is 1.43. The molecule has 0 saturated carbocycles. The zero-order chi connectivity index (χ0) is 7.68. The molecule has 1 atom stereocenters. The predicted molar refractivity (Wildman–Crippen MR) is 42.0 cm³/mol. The van der Waals surface area contributed by atoms with Gasteiger partial charge in [0.15, 0.2) is 0 Å². The van der Waals surface area contributed by atoms with Crippen molar-refractivity contribution in [3.05, 3.63) is 24.2 Å². The van der Waals surface area contributed by atoms with Crippen LogP contribution in [0.15, 0.2) is 22.8 Å². The average molecular weight is 169 g/mol. The summed E-state index contributed by atoms with van der Waals surface area (Å²) in [5.41, 5.74) is 0. The van der Waals surface area contributed by atoms with Gasteiger partial charge in [-0.25, -0.2) is 0 Å². The first kappa shape index (κ1) is 6.79. The number of carbonyl (C=O) groups excluding carboxylic acids is 1. The van der Waals surface area contributed by atoms with Gasteiger partial charge in [0.05, 0.1) is 12.0 Å². The van der Waals surface area contributed by atoms with Gasteiger partial charge in [0.25, 0.3) is 0 Å². The van der Waals surface area contributed by atoms with Crippen LogP contribution >= 0.6 is 11.8 Å². The van der Waals surface area contributed by atoms with Gasteiger partial charge >= 0.3 is 0 Å². The van der Waals surface area contributed by atoms with Gasteiger partial charge in [-0.2, -0.15) is 0 Å². The molecule has 4 heteroatoms. The topological polar surface area (TPSA) is 42.2 Å². The predicted octanol–water partition coefficient (Wildman–Crippen LogP) is 1.14. The molecule has 58 valence electrons. The highest BCUT2D eigenvalue weighted by atomic mass is 32.2. The van der Waals surface area contributed by atoms with Crippen LogP contribution < -0.4 is 5.32 Å². The van der Waals surface area contributed by atoms with Crippen molar-refractivity contribution in [2.24, 2.45) is 0 Å². The van der Waals surface area contributed by atoms with Gasteiger partial charge in [-0.1, -0.05) is 0 Å². The molecule has 0 radical (unpaired) electrons. The summed E-state index contributed by atoms with van der Waals surface area (Å²) < 4.78 is 5.13. The summed E-state index contributed by atoms with van der Waals surface area (Å²) in [4.78, 5) is 10.8. The summed E-state index contributed by atoms with van der Waals surface area (Å²) in [6.07, 6.45) is 1.61. The fraction of sp³-hybridized carbons (Fsp3) is 0.286. The minimum atomic E-state index is 0.0255. The number of amides is 1. The minimum absolute atomic E-state index is 0.0255. The molecule has 1 aromatic heterocycles. The molecule has 1 aliphatic rings. The lowest BCUT2D eigenvalue weighted by atomic mass is 10.4. The largest absolute Gasteiger partial charge is 0.466 e. The third kappa shape index (κ3) is 1.26. The van der Waals surface area contributed by atoms with Crippen LogP contribution in [0.3, 0.4) is 0 Å². The Labute approximate surface area is 68.1 Å². The Balaban J connectivity index is 2.13. The molecule has 1 fully saturated rings. The van der Waals surface area contributed by atoms with Crippen molar-refractivity contribution >= 4 is 17.7 Å². The van der Waals surface area contributed by atoms with E-state index in [1.165, 1.54) is 0 Å². The van der Waals surface area contributed by atoms with E-state index in [1.807, 2.05) is 12.1 Å². The van der Waals surface area contributed by atoms with Crippen molar-refractivity contribution in [3.8, 4) is 0 Å². The van der Waals surface area contributed by atoms with Crippen LogP contribution in [0.1, 0.15) is 11.1 Å². The Hall–Kier alpha value is -0.900. The van der Waals surface area contributed by atoms with Gasteiger partial charge in [0.1, 0.15) is 11.1 Å². The molecule has 1 aromatic rings. The molecular weight excluding hydrogens is 162 g/mol. The molecule has 0 bridgehead atoms. The van der Waals surface area contributed by atoms with E-state index in [0.717, 1.165) is 5.76 Å². The summed E-state index contributed by atoms with van der Waals surface area (Å²) in [6.45, 7) is 0. The van der Waals surface area contributed by atoms with E-state index in [2.05, 4.69) is 5.32 Å². The number of rotatable bonds is 1. The Bertz CT molecular complexity index is 257. The van der Waals surface area contributed by atoms with Gasteiger partial charge in [-0.3, -0.25) is 4.79 Å². The first-order valence-electron chi connectivity index (χ1n) is 3.30. The Morgan fingerprint density at radius 1 is 1.73 bits per heavy atom. The second-order valence-electron chi connectivity index (χ2n) is 2.27. The third-order valence-electron chi connectivity index (χ3n) is 1.47. The van der Waals surface area contributed by atoms with Crippen LogP contribution in [-0.2, 0) is 4.79 Å². The van der Waals surface area contributed by atoms with Crippen molar-refractivity contribution in [2.45, 2.75) is 5.37 Å². The summed E-state index contributed by atoms with van der Waals surface area (Å²) in [5, 5.41) is 2.81. The first-order valence-corrected chi connectivity index (χ1v) is 4.35. The molecule has 2 rings (SSSR count). The maximum atomic E-state index is 10.8. The van der Waals surface area contributed by atoms with Crippen molar-refractivity contribution in [1.29, 1.82) is 0 Å². The summed E-state index contributed by atoms with van der Waals surface area (Å²) >= 11 is 1.55. The zero-order valence-corrected chi connectivity index (χ0v) is 6.56. The number of nitrogens with one attached hydrogen (secondary N) is 1. The van der Waals surface area contributed by atoms with Gasteiger partial charge in [0.2, 0.25) is 5.91 Å². The van der Waals surface area contributed by atoms with E-state index >= 15 is 0 Å². The van der Waals surface area contributed by atoms with Crippen LogP contribution in [0.2, 0.25) is 0 Å². The van der Waals surface area contributed by atoms with Crippen LogP contribution in [0, 0.1) is 0 Å². The van der Waals surface area contributed by atoms with Crippen LogP contribution in [0.5, 0.6) is 0 Å². The molecule has 3 nitrogen and oxygen atoms in total. The van der Waals surface area contributed by atoms with Crippen LogP contribution in [0.25, 0.3) is 0 Å². The normalized spacial score (nSPS) is 23.6. The monoisotopic (exact) mass is 169 g/mol. The molecule has 0 aliphatic carbocycles. The SMILES string of the molecule is O=C1CS[C@@H](c2ccco2)N1. The fourth-order valence-electron chi connectivity index (χ4n) is 0.982. The molecule has 0 unspecified atom stereocenters. The first-order chi connectivity index (χ1) is 5.36. The minimum Gasteiger partial charge on any atom is -0.466 e. The Morgan fingerprint density at radius 2 is 2.64 bits per heavy atom. The Kier molecular flexibility index (Phi) is 1.62. The van der Waals surface area contributed by atoms with E-state index in [9.17, 15) is 4.79 Å². The summed E-state index contributed by atoms with van der Waals surface area (Å²) in [7, 11) is 0. The van der Waals surface area contributed by atoms with Crippen LogP contribution in [0.4, 0.5) is 0 Å². The van der Waals surface area contributed by atoms with Crippen LogP contribution in [-0.4, -0.2) is 11.7 Å². The smallest absolute Gasteiger partial charge is 0.231 e.